The molecular formula is C19H30N4O6. The first-order valence-electron chi connectivity index (χ1n) is 11.4. The van der Waals surface area contributed by atoms with Gasteiger partial charge in [-0.05, 0) is 25.8 Å². The number of carbonyl (C=O) groups is 5. The van der Waals surface area contributed by atoms with Crippen LogP contribution in [0.3, 0.4) is 0 Å². The number of hydroxylamine groups is 2. The van der Waals surface area contributed by atoms with Crippen molar-refractivity contribution < 1.29 is 32.9 Å². The van der Waals surface area contributed by atoms with Gasteiger partial charge in [-0.15, -0.1) is 5.06 Å². The molecule has 10 heteroatoms. The highest BCUT2D eigenvalue weighted by atomic mass is 16.8. The number of nitrogens with zero attached hydrogens (tertiary/aromatic N) is 2. The Hall–Kier alpha value is -2.49. The average molecular weight is 419 g/mol. The Balaban J connectivity index is 1.56. The topological polar surface area (TPSA) is 125 Å². The van der Waals surface area contributed by atoms with Gasteiger partial charge in [-0.25, -0.2) is 4.79 Å². The summed E-state index contributed by atoms with van der Waals surface area (Å²) in [6, 6.07) is 0.0791. The smallest absolute Gasteiger partial charge is 0.334 e. The molecule has 0 aliphatic carbocycles. The van der Waals surface area contributed by atoms with Crippen molar-refractivity contribution in [1.29, 1.82) is 0 Å². The van der Waals surface area contributed by atoms with Crippen molar-refractivity contribution in [1.82, 2.24) is 20.6 Å². The highest BCUT2D eigenvalue weighted by molar-refractivity contribution is 6.01. The lowest BCUT2D eigenvalue weighted by Crippen LogP contribution is -2.41. The fraction of sp³-hybridized carbons (Fsp3) is 0.737. The third-order valence-corrected chi connectivity index (χ3v) is 4.85. The van der Waals surface area contributed by atoms with Crippen molar-refractivity contribution in [3.8, 4) is 0 Å². The number of hydrogen-bond donors (Lipinski definition) is 2. The van der Waals surface area contributed by atoms with E-state index >= 15 is 0 Å². The Morgan fingerprint density at radius 1 is 1.10 bits per heavy atom. The van der Waals surface area contributed by atoms with Crippen LogP contribution in [0, 0.1) is 0 Å². The number of carbonyl (C=O) groups excluding carboxylic acids is 5. The third kappa shape index (κ3) is 7.45. The molecular weight excluding hydrogens is 386 g/mol. The molecule has 2 N–H and O–H groups in total. The SMILES string of the molecule is [2H]C([2H])([2H])CCC1CCCN1[13CH2]C(=O)NCC[13C](=O)[15NH][13CH2][13CH2][13C](=O)ON1C(=O)CCC1=O. The minimum atomic E-state index is -1.97. The van der Waals surface area contributed by atoms with Gasteiger partial charge >= 0.3 is 5.97 Å². The lowest BCUT2D eigenvalue weighted by Gasteiger charge is -2.23. The van der Waals surface area contributed by atoms with E-state index in [1.807, 2.05) is 4.90 Å². The molecule has 0 bridgehead atoms. The van der Waals surface area contributed by atoms with Crippen molar-refractivity contribution in [2.24, 2.45) is 0 Å². The molecule has 0 aromatic rings. The molecule has 4 amide bonds. The van der Waals surface area contributed by atoms with Gasteiger partial charge < -0.3 is 15.5 Å². The molecule has 0 saturated carbocycles. The van der Waals surface area contributed by atoms with Gasteiger partial charge in [0.25, 0.3) is 11.8 Å². The fourth-order valence-electron chi connectivity index (χ4n) is 3.35. The van der Waals surface area contributed by atoms with Gasteiger partial charge in [0.15, 0.2) is 0 Å². The highest BCUT2D eigenvalue weighted by Crippen LogP contribution is 2.20. The van der Waals surface area contributed by atoms with E-state index < -0.39 is 24.6 Å². The number of hydrogen-bond acceptors (Lipinski definition) is 7. The van der Waals surface area contributed by atoms with Gasteiger partial charge in [-0.3, -0.25) is 24.1 Å². The van der Waals surface area contributed by atoms with E-state index in [9.17, 15) is 24.0 Å². The zero-order valence-electron chi connectivity index (χ0n) is 19.4. The van der Waals surface area contributed by atoms with Crippen molar-refractivity contribution in [2.75, 3.05) is 26.2 Å². The van der Waals surface area contributed by atoms with E-state index in [1.54, 1.807) is 0 Å². The summed E-state index contributed by atoms with van der Waals surface area (Å²) in [5.41, 5.74) is 0. The Morgan fingerprint density at radius 3 is 2.52 bits per heavy atom. The number of rotatable bonds is 11. The van der Waals surface area contributed by atoms with E-state index in [1.165, 1.54) is 0 Å². The van der Waals surface area contributed by atoms with Crippen LogP contribution in [0.15, 0.2) is 0 Å². The Kier molecular flexibility index (Phi) is 7.35. The number of nitrogens with one attached hydrogen (secondary N) is 2. The maximum absolute atomic E-state index is 12.1. The van der Waals surface area contributed by atoms with Crippen LogP contribution in [0.5, 0.6) is 0 Å². The van der Waals surface area contributed by atoms with E-state index in [0.29, 0.717) is 11.5 Å². The number of imide groups is 1. The van der Waals surface area contributed by atoms with Gasteiger partial charge in [0.2, 0.25) is 11.8 Å². The van der Waals surface area contributed by atoms with Gasteiger partial charge in [-0.1, -0.05) is 13.3 Å². The molecule has 0 aromatic carbocycles. The summed E-state index contributed by atoms with van der Waals surface area (Å²) >= 11 is 0. The second-order valence-electron chi connectivity index (χ2n) is 7.05. The molecule has 2 rings (SSSR count). The van der Waals surface area contributed by atoms with E-state index in [0.717, 1.165) is 19.4 Å². The Morgan fingerprint density at radius 2 is 1.79 bits per heavy atom. The summed E-state index contributed by atoms with van der Waals surface area (Å²) in [4.78, 5) is 65.0. The lowest BCUT2D eigenvalue weighted by molar-refractivity contribution is -0.197. The summed E-state index contributed by atoms with van der Waals surface area (Å²) in [6.07, 6.45) is 2.26. The zero-order chi connectivity index (χ0) is 23.7. The molecule has 1 unspecified atom stereocenters. The van der Waals surface area contributed by atoms with E-state index in [4.69, 9.17) is 4.11 Å². The van der Waals surface area contributed by atoms with Crippen LogP contribution in [-0.4, -0.2) is 71.8 Å². The molecule has 0 radical (unpaired) electrons. The average Bonchev–Trinajstić information content (AvgIpc) is 3.27. The second kappa shape index (κ2) is 11.5. The maximum Gasteiger partial charge on any atom is 0.334 e. The van der Waals surface area contributed by atoms with Crippen LogP contribution in [0.4, 0.5) is 0 Å². The maximum atomic E-state index is 12.1. The molecule has 2 aliphatic heterocycles. The fourth-order valence-corrected chi connectivity index (χ4v) is 3.35. The van der Waals surface area contributed by atoms with E-state index in [2.05, 4.69) is 15.5 Å². The molecule has 0 spiro atoms. The summed E-state index contributed by atoms with van der Waals surface area (Å²) in [7, 11) is 0. The minimum Gasteiger partial charge on any atom is -0.355 e. The van der Waals surface area contributed by atoms with Gasteiger partial charge in [-0.2, -0.15) is 0 Å². The first kappa shape index (κ1) is 18.5. The standard InChI is InChI=1S/C19H30N4O6/c1-2-4-14-5-3-12-22(14)13-16(25)21-10-8-15(24)20-11-9-19(28)29-23-17(26)6-7-18(23)27/h14H,2-13H2,1H3,(H,20,24)(H,21,25)/i1D3,9+1,11+1,13+1,15+1,19+1,20+1. The molecule has 10 nitrogen and oxygen atoms in total. The van der Waals surface area contributed by atoms with Crippen LogP contribution in [0.1, 0.15) is 62.3 Å². The molecule has 2 heterocycles. The summed E-state index contributed by atoms with van der Waals surface area (Å²) < 4.78 is 21.9. The van der Waals surface area contributed by atoms with Gasteiger partial charge in [0.05, 0.1) is 13.0 Å². The summed E-state index contributed by atoms with van der Waals surface area (Å²) in [5, 5.41) is 5.62. The lowest BCUT2D eigenvalue weighted by atomic mass is 10.1. The molecule has 1 atom stereocenters. The molecule has 2 saturated heterocycles. The van der Waals surface area contributed by atoms with Crippen LogP contribution in [0.25, 0.3) is 0 Å². The summed E-state index contributed by atoms with van der Waals surface area (Å²) in [6.45, 7) is -0.971. The quantitative estimate of drug-likeness (QED) is 0.271. The summed E-state index contributed by atoms with van der Waals surface area (Å²) in [5.74, 6) is -2.55. The predicted octanol–water partition coefficient (Wildman–Crippen LogP) is -0.129. The molecule has 29 heavy (non-hydrogen) atoms. The second-order valence-corrected chi connectivity index (χ2v) is 7.05. The van der Waals surface area contributed by atoms with Crippen LogP contribution in [-0.2, 0) is 28.8 Å². The zero-order valence-corrected chi connectivity index (χ0v) is 16.4. The molecule has 2 aliphatic rings. The molecule has 0 aromatic heterocycles. The Bertz CT molecular complexity index is 714. The Labute approximate surface area is 174 Å². The number of amides is 4. The van der Waals surface area contributed by atoms with Crippen molar-refractivity contribution in [2.45, 2.75) is 64.3 Å². The highest BCUT2D eigenvalue weighted by Gasteiger charge is 2.32. The van der Waals surface area contributed by atoms with Gasteiger partial charge in [0, 0.05) is 42.5 Å². The third-order valence-electron chi connectivity index (χ3n) is 4.85. The van der Waals surface area contributed by atoms with Crippen LogP contribution >= 0.6 is 0 Å². The minimum absolute atomic E-state index is 0.00915. The van der Waals surface area contributed by atoms with Crippen LogP contribution in [0.2, 0.25) is 0 Å². The normalized spacial score (nSPS) is 21.4. The van der Waals surface area contributed by atoms with Crippen molar-refractivity contribution in [3.63, 3.8) is 0 Å². The number of likely N-dealkylation sites (tertiary alicyclic amines) is 1. The van der Waals surface area contributed by atoms with Gasteiger partial charge in [0.1, 0.15) is 0 Å². The largest absolute Gasteiger partial charge is 0.355 e. The molecule has 2 fully saturated rings. The molecule has 162 valence electrons. The predicted molar refractivity (Wildman–Crippen MR) is 102 cm³/mol. The van der Waals surface area contributed by atoms with Crippen LogP contribution < -0.4 is 10.6 Å². The first-order valence-corrected chi connectivity index (χ1v) is 9.89. The van der Waals surface area contributed by atoms with E-state index in [-0.39, 0.29) is 69.6 Å². The van der Waals surface area contributed by atoms with Crippen molar-refractivity contribution in [3.05, 3.63) is 0 Å². The monoisotopic (exact) mass is 419 g/mol. The first-order chi connectivity index (χ1) is 15.0. The van der Waals surface area contributed by atoms with Crippen molar-refractivity contribution >= 4 is 29.6 Å².